The van der Waals surface area contributed by atoms with Crippen molar-refractivity contribution >= 4 is 32.4 Å². The number of amides is 1. The maximum Gasteiger partial charge on any atom is 0.267 e. The number of benzene rings is 1. The second kappa shape index (κ2) is 7.85. The number of fused-ring (bicyclic) bond motifs is 3. The van der Waals surface area contributed by atoms with Crippen molar-refractivity contribution in [1.29, 1.82) is 5.26 Å². The molecule has 1 amide bonds. The molecule has 9 heteroatoms. The molecule has 0 spiro atoms. The maximum absolute atomic E-state index is 13.0. The SMILES string of the molecule is N#CCOc1ccc2c(C(=O)NS(=O)(=O)Cc3cccnc3)c3ccccc3n2c1. The molecule has 0 aliphatic carbocycles. The molecule has 0 bridgehead atoms. The van der Waals surface area contributed by atoms with E-state index in [9.17, 15) is 13.2 Å². The molecule has 0 aliphatic heterocycles. The van der Waals surface area contributed by atoms with Crippen LogP contribution in [-0.2, 0) is 15.8 Å². The number of pyridine rings is 2. The Bertz CT molecular complexity index is 1390. The van der Waals surface area contributed by atoms with E-state index >= 15 is 0 Å². The summed E-state index contributed by atoms with van der Waals surface area (Å²) >= 11 is 0. The zero-order chi connectivity index (χ0) is 21.1. The highest BCUT2D eigenvalue weighted by Crippen LogP contribution is 2.29. The summed E-state index contributed by atoms with van der Waals surface area (Å²) in [5, 5.41) is 9.31. The van der Waals surface area contributed by atoms with Gasteiger partial charge in [0.25, 0.3) is 5.91 Å². The standard InChI is InChI=1S/C21H16N4O4S/c22-9-11-29-16-7-8-19-20(17-5-1-2-6-18(17)25(19)13-16)21(26)24-30(27,28)14-15-4-3-10-23-12-15/h1-8,10,12-13H,11,14H2,(H,24,26). The Labute approximate surface area is 172 Å². The van der Waals surface area contributed by atoms with Crippen LogP contribution >= 0.6 is 0 Å². The Morgan fingerprint density at radius 2 is 1.97 bits per heavy atom. The molecular formula is C21H16N4O4S. The first-order valence-electron chi connectivity index (χ1n) is 8.95. The minimum atomic E-state index is -3.93. The summed E-state index contributed by atoms with van der Waals surface area (Å²) in [6.07, 6.45) is 4.65. The number of sulfonamides is 1. The largest absolute Gasteiger partial charge is 0.477 e. The van der Waals surface area contributed by atoms with Crippen molar-refractivity contribution in [2.45, 2.75) is 5.75 Å². The van der Waals surface area contributed by atoms with Crippen molar-refractivity contribution in [3.63, 3.8) is 0 Å². The van der Waals surface area contributed by atoms with Crippen molar-refractivity contribution < 1.29 is 17.9 Å². The van der Waals surface area contributed by atoms with Gasteiger partial charge in [0.15, 0.2) is 6.61 Å². The van der Waals surface area contributed by atoms with Crippen LogP contribution in [0.25, 0.3) is 16.4 Å². The highest BCUT2D eigenvalue weighted by atomic mass is 32.2. The van der Waals surface area contributed by atoms with E-state index in [0.29, 0.717) is 27.7 Å². The molecule has 0 unspecified atom stereocenters. The summed E-state index contributed by atoms with van der Waals surface area (Å²) in [7, 11) is -3.93. The summed E-state index contributed by atoms with van der Waals surface area (Å²) < 4.78 is 34.3. The molecule has 150 valence electrons. The van der Waals surface area contributed by atoms with E-state index in [1.807, 2.05) is 18.2 Å². The Hall–Kier alpha value is -3.90. The van der Waals surface area contributed by atoms with Gasteiger partial charge < -0.3 is 9.14 Å². The van der Waals surface area contributed by atoms with Crippen LogP contribution in [0.3, 0.4) is 0 Å². The van der Waals surface area contributed by atoms with E-state index in [0.717, 1.165) is 0 Å². The molecule has 0 radical (unpaired) electrons. The summed E-state index contributed by atoms with van der Waals surface area (Å²) in [5.74, 6) is -0.619. The number of carbonyl (C=O) groups is 1. The number of nitrogens with zero attached hydrogens (tertiary/aromatic N) is 3. The van der Waals surface area contributed by atoms with Crippen LogP contribution in [0.5, 0.6) is 5.75 Å². The first-order chi connectivity index (χ1) is 14.5. The molecule has 0 aliphatic rings. The van der Waals surface area contributed by atoms with Gasteiger partial charge in [0, 0.05) is 17.8 Å². The third kappa shape index (κ3) is 3.81. The molecule has 3 aromatic heterocycles. The molecule has 3 heterocycles. The summed E-state index contributed by atoms with van der Waals surface area (Å²) in [6.45, 7) is -0.107. The Morgan fingerprint density at radius 1 is 1.13 bits per heavy atom. The highest BCUT2D eigenvalue weighted by Gasteiger charge is 2.23. The van der Waals surface area contributed by atoms with Gasteiger partial charge in [-0.15, -0.1) is 0 Å². The van der Waals surface area contributed by atoms with Crippen molar-refractivity contribution in [2.24, 2.45) is 0 Å². The Kier molecular flexibility index (Phi) is 5.08. The summed E-state index contributed by atoms with van der Waals surface area (Å²) in [5.41, 5.74) is 1.95. The molecule has 0 saturated heterocycles. The predicted molar refractivity (Wildman–Crippen MR) is 110 cm³/mol. The predicted octanol–water partition coefficient (Wildman–Crippen LogP) is 2.65. The molecule has 0 atom stereocenters. The second-order valence-electron chi connectivity index (χ2n) is 6.51. The lowest BCUT2D eigenvalue weighted by Crippen LogP contribution is -2.31. The van der Waals surface area contributed by atoms with E-state index < -0.39 is 15.9 Å². The van der Waals surface area contributed by atoms with Gasteiger partial charge in [0.2, 0.25) is 10.0 Å². The van der Waals surface area contributed by atoms with E-state index in [1.54, 1.807) is 53.2 Å². The lowest BCUT2D eigenvalue weighted by atomic mass is 10.1. The molecule has 4 rings (SSSR count). The molecular weight excluding hydrogens is 404 g/mol. The molecule has 0 fully saturated rings. The van der Waals surface area contributed by atoms with E-state index in [1.165, 1.54) is 6.20 Å². The molecule has 30 heavy (non-hydrogen) atoms. The van der Waals surface area contributed by atoms with E-state index in [2.05, 4.69) is 9.71 Å². The van der Waals surface area contributed by atoms with Gasteiger partial charge >= 0.3 is 0 Å². The third-order valence-electron chi connectivity index (χ3n) is 4.47. The van der Waals surface area contributed by atoms with E-state index in [4.69, 9.17) is 10.00 Å². The fourth-order valence-electron chi connectivity index (χ4n) is 3.29. The number of carbonyl (C=O) groups excluding carboxylic acids is 1. The average molecular weight is 420 g/mol. The van der Waals surface area contributed by atoms with Gasteiger partial charge in [-0.3, -0.25) is 9.78 Å². The number of para-hydroxylation sites is 1. The monoisotopic (exact) mass is 420 g/mol. The van der Waals surface area contributed by atoms with Gasteiger partial charge in [0.05, 0.1) is 28.5 Å². The van der Waals surface area contributed by atoms with Crippen LogP contribution in [0.2, 0.25) is 0 Å². The molecule has 0 saturated carbocycles. The fraction of sp³-hybridized carbons (Fsp3) is 0.0952. The van der Waals surface area contributed by atoms with Crippen molar-refractivity contribution in [3.8, 4) is 11.8 Å². The van der Waals surface area contributed by atoms with Crippen LogP contribution < -0.4 is 9.46 Å². The average Bonchev–Trinajstić information content (AvgIpc) is 3.06. The summed E-state index contributed by atoms with van der Waals surface area (Å²) in [6, 6.07) is 15.6. The minimum Gasteiger partial charge on any atom is -0.477 e. The number of nitrogens with one attached hydrogen (secondary N) is 1. The number of nitriles is 1. The zero-order valence-corrected chi connectivity index (χ0v) is 16.5. The van der Waals surface area contributed by atoms with Crippen LogP contribution in [0, 0.1) is 11.3 Å². The third-order valence-corrected chi connectivity index (χ3v) is 5.68. The number of rotatable bonds is 6. The van der Waals surface area contributed by atoms with Crippen LogP contribution in [0.4, 0.5) is 0 Å². The van der Waals surface area contributed by atoms with Gasteiger partial charge in [-0.25, -0.2) is 13.1 Å². The number of ether oxygens (including phenoxy) is 1. The normalized spacial score (nSPS) is 11.3. The number of hydrogen-bond acceptors (Lipinski definition) is 6. The van der Waals surface area contributed by atoms with Gasteiger partial charge in [-0.05, 0) is 29.8 Å². The van der Waals surface area contributed by atoms with Crippen LogP contribution in [0.1, 0.15) is 15.9 Å². The topological polar surface area (TPSA) is 114 Å². The van der Waals surface area contributed by atoms with Gasteiger partial charge in [-0.1, -0.05) is 24.3 Å². The van der Waals surface area contributed by atoms with Gasteiger partial charge in [-0.2, -0.15) is 5.26 Å². The van der Waals surface area contributed by atoms with Gasteiger partial charge in [0.1, 0.15) is 11.8 Å². The summed E-state index contributed by atoms with van der Waals surface area (Å²) in [4.78, 5) is 16.9. The first-order valence-corrected chi connectivity index (χ1v) is 10.6. The highest BCUT2D eigenvalue weighted by molar-refractivity contribution is 7.89. The molecule has 8 nitrogen and oxygen atoms in total. The fourth-order valence-corrected chi connectivity index (χ4v) is 4.35. The smallest absolute Gasteiger partial charge is 0.267 e. The minimum absolute atomic E-state index is 0.107. The van der Waals surface area contributed by atoms with Crippen LogP contribution in [-0.4, -0.2) is 30.3 Å². The number of hydrogen-bond donors (Lipinski definition) is 1. The Morgan fingerprint density at radius 3 is 2.73 bits per heavy atom. The molecule has 4 aromatic rings. The number of aromatic nitrogens is 2. The first kappa shape index (κ1) is 19.4. The van der Waals surface area contributed by atoms with Crippen molar-refractivity contribution in [3.05, 3.63) is 78.2 Å². The van der Waals surface area contributed by atoms with Crippen molar-refractivity contribution in [1.82, 2.24) is 14.1 Å². The van der Waals surface area contributed by atoms with Crippen LogP contribution in [0.15, 0.2) is 67.1 Å². The maximum atomic E-state index is 13.0. The quantitative estimate of drug-likeness (QED) is 0.513. The zero-order valence-electron chi connectivity index (χ0n) is 15.6. The lowest BCUT2D eigenvalue weighted by molar-refractivity contribution is 0.0984. The van der Waals surface area contributed by atoms with Crippen molar-refractivity contribution in [2.75, 3.05) is 6.61 Å². The molecule has 1 aromatic carbocycles. The Balaban J connectivity index is 1.74. The second-order valence-corrected chi connectivity index (χ2v) is 8.23. The lowest BCUT2D eigenvalue weighted by Gasteiger charge is -2.07. The van der Waals surface area contributed by atoms with E-state index in [-0.39, 0.29) is 17.9 Å². The molecule has 1 N–H and O–H groups in total.